The minimum Gasteiger partial charge on any atom is -0.481 e. The first-order valence-corrected chi connectivity index (χ1v) is 9.15. The van der Waals surface area contributed by atoms with Gasteiger partial charge in [-0.15, -0.1) is 0 Å². The summed E-state index contributed by atoms with van der Waals surface area (Å²) in [5.41, 5.74) is 0. The number of carboxylic acid groups (broad SMARTS) is 1. The lowest BCUT2D eigenvalue weighted by Crippen LogP contribution is -2.34. The number of rotatable bonds is 13. The molecule has 9 heteroatoms. The highest BCUT2D eigenvalue weighted by Crippen LogP contribution is 2.12. The number of unbranched alkanes of at least 4 members (excludes halogenated alkanes) is 1. The van der Waals surface area contributed by atoms with Crippen LogP contribution in [-0.2, 0) is 29.2 Å². The van der Waals surface area contributed by atoms with Crippen molar-refractivity contribution in [3.8, 4) is 0 Å². The smallest absolute Gasteiger partial charge is 0.327 e. The van der Waals surface area contributed by atoms with E-state index in [1.807, 2.05) is 0 Å². The van der Waals surface area contributed by atoms with Gasteiger partial charge in [-0.25, -0.2) is 0 Å². The SMILES string of the molecule is CCCCC(CC)COCCOC(=O)C(CC(=O)O)S(=O)(=O)O. The summed E-state index contributed by atoms with van der Waals surface area (Å²) in [6.07, 6.45) is 3.20. The molecule has 0 saturated heterocycles. The van der Waals surface area contributed by atoms with E-state index in [0.29, 0.717) is 12.5 Å². The normalized spacial score (nSPS) is 14.2. The zero-order chi connectivity index (χ0) is 17.9. The van der Waals surface area contributed by atoms with Crippen molar-refractivity contribution in [1.82, 2.24) is 0 Å². The summed E-state index contributed by atoms with van der Waals surface area (Å²) < 4.78 is 40.9. The summed E-state index contributed by atoms with van der Waals surface area (Å²) in [7, 11) is -4.83. The number of hydrogen-bond donors (Lipinski definition) is 2. The summed E-state index contributed by atoms with van der Waals surface area (Å²) in [5.74, 6) is -2.40. The van der Waals surface area contributed by atoms with Crippen molar-refractivity contribution in [1.29, 1.82) is 0 Å². The molecule has 0 saturated carbocycles. The van der Waals surface area contributed by atoms with Gasteiger partial charge in [0.05, 0.1) is 13.0 Å². The standard InChI is InChI=1S/C14H26O8S/c1-3-5-6-11(4-2)10-21-7-8-22-14(17)12(9-13(15)16)23(18,19)20/h11-12H,3-10H2,1-2H3,(H,15,16)(H,18,19,20). The summed E-state index contributed by atoms with van der Waals surface area (Å²) in [6.45, 7) is 4.57. The fourth-order valence-corrected chi connectivity index (χ4v) is 2.58. The highest BCUT2D eigenvalue weighted by atomic mass is 32.2. The van der Waals surface area contributed by atoms with Gasteiger partial charge >= 0.3 is 11.9 Å². The molecule has 0 rings (SSSR count). The van der Waals surface area contributed by atoms with Crippen LogP contribution in [-0.4, -0.2) is 55.1 Å². The van der Waals surface area contributed by atoms with Gasteiger partial charge in [-0.2, -0.15) is 8.42 Å². The second-order valence-electron chi connectivity index (χ2n) is 5.26. The van der Waals surface area contributed by atoms with E-state index < -0.39 is 33.7 Å². The van der Waals surface area contributed by atoms with Crippen LogP contribution < -0.4 is 0 Å². The molecule has 0 aliphatic heterocycles. The van der Waals surface area contributed by atoms with Crippen molar-refractivity contribution in [3.05, 3.63) is 0 Å². The molecular formula is C14H26O8S. The van der Waals surface area contributed by atoms with Crippen LogP contribution in [0.5, 0.6) is 0 Å². The van der Waals surface area contributed by atoms with E-state index in [4.69, 9.17) is 14.4 Å². The van der Waals surface area contributed by atoms with Gasteiger partial charge in [0.25, 0.3) is 10.1 Å². The maximum Gasteiger partial charge on any atom is 0.327 e. The maximum absolute atomic E-state index is 11.5. The van der Waals surface area contributed by atoms with Crippen LogP contribution in [0.15, 0.2) is 0 Å². The molecule has 0 spiro atoms. The molecule has 2 atom stereocenters. The Labute approximate surface area is 136 Å². The average Bonchev–Trinajstić information content (AvgIpc) is 2.46. The number of hydrogen-bond acceptors (Lipinski definition) is 6. The Balaban J connectivity index is 4.15. The van der Waals surface area contributed by atoms with Crippen LogP contribution in [0.3, 0.4) is 0 Å². The molecule has 0 aliphatic rings. The minimum atomic E-state index is -4.83. The Morgan fingerprint density at radius 3 is 2.30 bits per heavy atom. The van der Waals surface area contributed by atoms with Gasteiger partial charge in [-0.1, -0.05) is 33.1 Å². The van der Waals surface area contributed by atoms with Crippen molar-refractivity contribution in [2.75, 3.05) is 19.8 Å². The Morgan fingerprint density at radius 2 is 1.83 bits per heavy atom. The van der Waals surface area contributed by atoms with Gasteiger partial charge < -0.3 is 14.6 Å². The molecule has 0 heterocycles. The molecule has 0 amide bonds. The lowest BCUT2D eigenvalue weighted by Gasteiger charge is -2.15. The lowest BCUT2D eigenvalue weighted by atomic mass is 10.0. The van der Waals surface area contributed by atoms with Gasteiger partial charge in [0.2, 0.25) is 0 Å². The fraction of sp³-hybridized carbons (Fsp3) is 0.857. The van der Waals surface area contributed by atoms with Crippen molar-refractivity contribution < 1.29 is 37.1 Å². The molecule has 0 aliphatic carbocycles. The summed E-state index contributed by atoms with van der Waals surface area (Å²) in [4.78, 5) is 22.1. The maximum atomic E-state index is 11.5. The molecule has 0 radical (unpaired) electrons. The largest absolute Gasteiger partial charge is 0.481 e. The predicted molar refractivity (Wildman–Crippen MR) is 82.7 cm³/mol. The summed E-state index contributed by atoms with van der Waals surface area (Å²) >= 11 is 0. The van der Waals surface area contributed by atoms with Crippen LogP contribution in [0.4, 0.5) is 0 Å². The number of carbonyl (C=O) groups is 2. The van der Waals surface area contributed by atoms with Gasteiger partial charge in [-0.3, -0.25) is 14.1 Å². The number of ether oxygens (including phenoxy) is 2. The highest BCUT2D eigenvalue weighted by molar-refractivity contribution is 7.87. The van der Waals surface area contributed by atoms with Crippen LogP contribution in [0.2, 0.25) is 0 Å². The molecule has 23 heavy (non-hydrogen) atoms. The van der Waals surface area contributed by atoms with E-state index in [1.54, 1.807) is 0 Å². The molecule has 136 valence electrons. The zero-order valence-electron chi connectivity index (χ0n) is 13.6. The Bertz CT molecular complexity index is 459. The molecule has 2 N–H and O–H groups in total. The summed E-state index contributed by atoms with van der Waals surface area (Å²) in [5, 5.41) is 6.44. The molecule has 0 fully saturated rings. The van der Waals surface area contributed by atoms with Crippen LogP contribution in [0.1, 0.15) is 46.0 Å². The van der Waals surface area contributed by atoms with Crippen LogP contribution in [0.25, 0.3) is 0 Å². The number of carbonyl (C=O) groups excluding carboxylic acids is 1. The Kier molecular flexibility index (Phi) is 10.8. The third-order valence-electron chi connectivity index (χ3n) is 3.35. The molecule has 0 aromatic heterocycles. The zero-order valence-corrected chi connectivity index (χ0v) is 14.4. The number of aliphatic carboxylic acids is 1. The molecule has 0 bridgehead atoms. The van der Waals surface area contributed by atoms with Crippen molar-refractivity contribution in [2.45, 2.75) is 51.2 Å². The van der Waals surface area contributed by atoms with Crippen LogP contribution >= 0.6 is 0 Å². The lowest BCUT2D eigenvalue weighted by molar-refractivity contribution is -0.148. The van der Waals surface area contributed by atoms with Crippen molar-refractivity contribution in [3.63, 3.8) is 0 Å². The topological polar surface area (TPSA) is 127 Å². The Morgan fingerprint density at radius 1 is 1.17 bits per heavy atom. The van der Waals surface area contributed by atoms with Crippen molar-refractivity contribution in [2.24, 2.45) is 5.92 Å². The van der Waals surface area contributed by atoms with E-state index in [1.165, 1.54) is 0 Å². The third-order valence-corrected chi connectivity index (χ3v) is 4.43. The first kappa shape index (κ1) is 21.8. The van der Waals surface area contributed by atoms with Gasteiger partial charge in [0.15, 0.2) is 5.25 Å². The van der Waals surface area contributed by atoms with Crippen LogP contribution in [0, 0.1) is 5.92 Å². The average molecular weight is 354 g/mol. The number of esters is 1. The monoisotopic (exact) mass is 354 g/mol. The van der Waals surface area contributed by atoms with E-state index in [9.17, 15) is 18.0 Å². The number of carboxylic acids is 1. The predicted octanol–water partition coefficient (Wildman–Crippen LogP) is 1.49. The van der Waals surface area contributed by atoms with E-state index in [2.05, 4.69) is 18.6 Å². The first-order valence-electron chi connectivity index (χ1n) is 7.64. The quantitative estimate of drug-likeness (QED) is 0.289. The second kappa shape index (κ2) is 11.4. The third kappa shape index (κ3) is 10.2. The van der Waals surface area contributed by atoms with E-state index in [0.717, 1.165) is 25.7 Å². The fourth-order valence-electron chi connectivity index (χ4n) is 1.91. The van der Waals surface area contributed by atoms with E-state index in [-0.39, 0.29) is 13.2 Å². The van der Waals surface area contributed by atoms with Gasteiger partial charge in [0.1, 0.15) is 6.61 Å². The molecule has 0 aromatic carbocycles. The molecule has 2 unspecified atom stereocenters. The van der Waals surface area contributed by atoms with E-state index >= 15 is 0 Å². The highest BCUT2D eigenvalue weighted by Gasteiger charge is 2.34. The second-order valence-corrected chi connectivity index (χ2v) is 6.86. The molecular weight excluding hydrogens is 328 g/mol. The van der Waals surface area contributed by atoms with Gasteiger partial charge in [0, 0.05) is 6.61 Å². The Hall–Kier alpha value is -1.19. The van der Waals surface area contributed by atoms with Crippen molar-refractivity contribution >= 4 is 22.1 Å². The minimum absolute atomic E-state index is 0.0830. The molecule has 8 nitrogen and oxygen atoms in total. The first-order chi connectivity index (χ1) is 10.7. The summed E-state index contributed by atoms with van der Waals surface area (Å²) in [6, 6.07) is 0. The van der Waals surface area contributed by atoms with Gasteiger partial charge in [-0.05, 0) is 12.3 Å². The molecule has 0 aromatic rings.